The van der Waals surface area contributed by atoms with Crippen molar-refractivity contribution in [2.75, 3.05) is 18.0 Å². The van der Waals surface area contributed by atoms with Crippen LogP contribution in [0.5, 0.6) is 0 Å². The highest BCUT2D eigenvalue weighted by Gasteiger charge is 2.27. The Labute approximate surface area is 178 Å². The Hall–Kier alpha value is -3.55. The standard InChI is InChI=1S/C23H22F2N4O2/c24-18-7-9-19(10-8-18)29-22(30)12-11-21(27-29)28-13-3-5-17(15-28)23(31)26-14-16-4-1-2-6-20(16)25/h1-2,4,6-12,17H,3,5,13-15H2,(H,26,31)/t17-/m0/s1. The Morgan fingerprint density at radius 3 is 2.61 bits per heavy atom. The Kier molecular flexibility index (Phi) is 6.06. The monoisotopic (exact) mass is 424 g/mol. The Morgan fingerprint density at radius 1 is 1.06 bits per heavy atom. The number of anilines is 1. The number of nitrogens with zero attached hydrogens (tertiary/aromatic N) is 3. The van der Waals surface area contributed by atoms with Crippen LogP contribution in [0.1, 0.15) is 18.4 Å². The summed E-state index contributed by atoms with van der Waals surface area (Å²) >= 11 is 0. The topological polar surface area (TPSA) is 67.2 Å². The van der Waals surface area contributed by atoms with E-state index in [0.717, 1.165) is 12.8 Å². The zero-order valence-electron chi connectivity index (χ0n) is 16.8. The van der Waals surface area contributed by atoms with Crippen LogP contribution >= 0.6 is 0 Å². The predicted octanol–water partition coefficient (Wildman–Crippen LogP) is 3.04. The van der Waals surface area contributed by atoms with Crippen LogP contribution in [-0.2, 0) is 11.3 Å². The number of nitrogens with one attached hydrogen (secondary N) is 1. The number of hydrogen-bond acceptors (Lipinski definition) is 4. The smallest absolute Gasteiger partial charge is 0.271 e. The highest BCUT2D eigenvalue weighted by Crippen LogP contribution is 2.22. The van der Waals surface area contributed by atoms with Gasteiger partial charge in [-0.1, -0.05) is 18.2 Å². The summed E-state index contributed by atoms with van der Waals surface area (Å²) in [7, 11) is 0. The van der Waals surface area contributed by atoms with Crippen molar-refractivity contribution in [2.24, 2.45) is 5.92 Å². The van der Waals surface area contributed by atoms with E-state index in [2.05, 4.69) is 10.4 Å². The maximum atomic E-state index is 13.8. The van der Waals surface area contributed by atoms with E-state index in [1.807, 2.05) is 4.90 Å². The van der Waals surface area contributed by atoms with E-state index in [4.69, 9.17) is 0 Å². The van der Waals surface area contributed by atoms with Crippen LogP contribution in [0.25, 0.3) is 5.69 Å². The molecule has 1 amide bonds. The van der Waals surface area contributed by atoms with Gasteiger partial charge >= 0.3 is 0 Å². The normalized spacial score (nSPS) is 16.2. The fourth-order valence-electron chi connectivity index (χ4n) is 3.71. The molecule has 8 heteroatoms. The number of hydrogen-bond donors (Lipinski definition) is 1. The summed E-state index contributed by atoms with van der Waals surface area (Å²) < 4.78 is 28.2. The van der Waals surface area contributed by atoms with Gasteiger partial charge in [-0.15, -0.1) is 5.10 Å². The van der Waals surface area contributed by atoms with Gasteiger partial charge in [0.25, 0.3) is 5.56 Å². The number of piperidine rings is 1. The van der Waals surface area contributed by atoms with Crippen LogP contribution in [0.3, 0.4) is 0 Å². The first kappa shape index (κ1) is 20.7. The maximum absolute atomic E-state index is 13.8. The molecule has 0 aliphatic carbocycles. The molecule has 1 fully saturated rings. The average Bonchev–Trinajstić information content (AvgIpc) is 2.79. The highest BCUT2D eigenvalue weighted by molar-refractivity contribution is 5.79. The third-order valence-corrected chi connectivity index (χ3v) is 5.38. The molecule has 1 aliphatic rings. The summed E-state index contributed by atoms with van der Waals surface area (Å²) in [5.74, 6) is -0.586. The molecule has 0 spiro atoms. The minimum absolute atomic E-state index is 0.135. The first-order valence-electron chi connectivity index (χ1n) is 10.1. The van der Waals surface area contributed by atoms with Crippen molar-refractivity contribution >= 4 is 11.7 Å². The second kappa shape index (κ2) is 9.07. The van der Waals surface area contributed by atoms with Crippen molar-refractivity contribution in [1.82, 2.24) is 15.1 Å². The summed E-state index contributed by atoms with van der Waals surface area (Å²) in [6, 6.07) is 14.9. The quantitative estimate of drug-likeness (QED) is 0.684. The van der Waals surface area contributed by atoms with Crippen molar-refractivity contribution in [1.29, 1.82) is 0 Å². The molecule has 31 heavy (non-hydrogen) atoms. The maximum Gasteiger partial charge on any atom is 0.271 e. The molecule has 1 saturated heterocycles. The molecule has 2 aromatic carbocycles. The highest BCUT2D eigenvalue weighted by atomic mass is 19.1. The van der Waals surface area contributed by atoms with Crippen molar-refractivity contribution in [3.05, 3.63) is 88.2 Å². The van der Waals surface area contributed by atoms with Crippen LogP contribution in [0, 0.1) is 17.6 Å². The lowest BCUT2D eigenvalue weighted by Crippen LogP contribution is -2.43. The third kappa shape index (κ3) is 4.79. The van der Waals surface area contributed by atoms with Gasteiger partial charge in [0.15, 0.2) is 0 Å². The molecule has 0 bridgehead atoms. The Balaban J connectivity index is 1.46. The van der Waals surface area contributed by atoms with Gasteiger partial charge in [-0.05, 0) is 49.2 Å². The van der Waals surface area contributed by atoms with Gasteiger partial charge < -0.3 is 10.2 Å². The van der Waals surface area contributed by atoms with E-state index >= 15 is 0 Å². The number of benzene rings is 2. The summed E-state index contributed by atoms with van der Waals surface area (Å²) in [4.78, 5) is 26.9. The van der Waals surface area contributed by atoms with Crippen LogP contribution in [-0.4, -0.2) is 28.8 Å². The third-order valence-electron chi connectivity index (χ3n) is 5.38. The molecule has 1 atom stereocenters. The lowest BCUT2D eigenvalue weighted by atomic mass is 9.97. The second-order valence-corrected chi connectivity index (χ2v) is 7.51. The molecule has 2 heterocycles. The lowest BCUT2D eigenvalue weighted by Gasteiger charge is -2.33. The van der Waals surface area contributed by atoms with Gasteiger partial charge in [0, 0.05) is 31.3 Å². The van der Waals surface area contributed by atoms with Gasteiger partial charge in [0.1, 0.15) is 17.5 Å². The number of carbonyl (C=O) groups excluding carboxylic acids is 1. The van der Waals surface area contributed by atoms with E-state index in [1.54, 1.807) is 24.3 Å². The van der Waals surface area contributed by atoms with Gasteiger partial charge in [-0.25, -0.2) is 8.78 Å². The number of carbonyl (C=O) groups is 1. The van der Waals surface area contributed by atoms with Crippen LogP contribution in [0.4, 0.5) is 14.6 Å². The van der Waals surface area contributed by atoms with E-state index in [-0.39, 0.29) is 29.7 Å². The molecule has 4 rings (SSSR count). The number of rotatable bonds is 5. The molecule has 0 saturated carbocycles. The molecular formula is C23H22F2N4O2. The predicted molar refractivity (Wildman–Crippen MR) is 113 cm³/mol. The molecule has 0 unspecified atom stereocenters. The van der Waals surface area contributed by atoms with E-state index in [9.17, 15) is 18.4 Å². The second-order valence-electron chi connectivity index (χ2n) is 7.51. The van der Waals surface area contributed by atoms with Gasteiger partial charge in [0.05, 0.1) is 11.6 Å². The van der Waals surface area contributed by atoms with E-state index in [0.29, 0.717) is 30.2 Å². The molecule has 0 radical (unpaired) electrons. The number of aromatic nitrogens is 2. The first-order valence-corrected chi connectivity index (χ1v) is 10.1. The minimum atomic E-state index is -0.395. The van der Waals surface area contributed by atoms with Crippen molar-refractivity contribution in [3.63, 3.8) is 0 Å². The Bertz CT molecular complexity index is 1130. The lowest BCUT2D eigenvalue weighted by molar-refractivity contribution is -0.125. The number of amides is 1. The first-order chi connectivity index (χ1) is 15.0. The molecule has 1 aromatic heterocycles. The summed E-state index contributed by atoms with van der Waals surface area (Å²) in [6.07, 6.45) is 1.51. The SMILES string of the molecule is O=C(NCc1ccccc1F)[C@H]1CCCN(c2ccc(=O)n(-c3ccc(F)cc3)n2)C1. The largest absolute Gasteiger partial charge is 0.354 e. The van der Waals surface area contributed by atoms with Crippen molar-refractivity contribution < 1.29 is 13.6 Å². The average molecular weight is 424 g/mol. The summed E-state index contributed by atoms with van der Waals surface area (Å²) in [5, 5.41) is 7.24. The molecular weight excluding hydrogens is 402 g/mol. The summed E-state index contributed by atoms with van der Waals surface area (Å²) in [5.41, 5.74) is 0.576. The fraction of sp³-hybridized carbons (Fsp3) is 0.261. The molecule has 3 aromatic rings. The van der Waals surface area contributed by atoms with Crippen LogP contribution < -0.4 is 15.8 Å². The minimum Gasteiger partial charge on any atom is -0.354 e. The Morgan fingerprint density at radius 2 is 1.84 bits per heavy atom. The zero-order valence-corrected chi connectivity index (χ0v) is 16.8. The zero-order chi connectivity index (χ0) is 21.8. The van der Waals surface area contributed by atoms with Gasteiger partial charge in [-0.2, -0.15) is 4.68 Å². The molecule has 160 valence electrons. The van der Waals surface area contributed by atoms with Gasteiger partial charge in [0.2, 0.25) is 5.91 Å². The fourth-order valence-corrected chi connectivity index (χ4v) is 3.71. The van der Waals surface area contributed by atoms with Crippen molar-refractivity contribution in [2.45, 2.75) is 19.4 Å². The van der Waals surface area contributed by atoms with E-state index in [1.165, 1.54) is 41.1 Å². The van der Waals surface area contributed by atoms with E-state index < -0.39 is 5.82 Å². The van der Waals surface area contributed by atoms with Crippen molar-refractivity contribution in [3.8, 4) is 5.69 Å². The summed E-state index contributed by atoms with van der Waals surface area (Å²) in [6.45, 7) is 1.28. The van der Waals surface area contributed by atoms with Gasteiger partial charge in [-0.3, -0.25) is 9.59 Å². The molecule has 1 N–H and O–H groups in total. The number of halogens is 2. The van der Waals surface area contributed by atoms with Crippen LogP contribution in [0.15, 0.2) is 65.5 Å². The molecule has 6 nitrogen and oxygen atoms in total. The van der Waals surface area contributed by atoms with Crippen LogP contribution in [0.2, 0.25) is 0 Å². The molecule has 1 aliphatic heterocycles.